The molecule has 1 saturated heterocycles. The number of carboxylic acids is 1. The lowest BCUT2D eigenvalue weighted by atomic mass is 10.0. The van der Waals surface area contributed by atoms with E-state index < -0.39 is 12.0 Å². The number of aryl methyl sites for hydroxylation is 1. The van der Waals surface area contributed by atoms with Crippen molar-refractivity contribution in [2.75, 3.05) is 13.7 Å². The first-order valence-corrected chi connectivity index (χ1v) is 7.27. The molecule has 1 aromatic carbocycles. The summed E-state index contributed by atoms with van der Waals surface area (Å²) in [4.78, 5) is 25.0. The fraction of sp³-hybridized carbons (Fsp3) is 0.500. The van der Waals surface area contributed by atoms with Crippen molar-refractivity contribution >= 4 is 11.9 Å². The molecular formula is C16H21NO4. The Labute approximate surface area is 124 Å². The number of hydrogen-bond acceptors (Lipinski definition) is 3. The lowest BCUT2D eigenvalue weighted by molar-refractivity contribution is -0.152. The Morgan fingerprint density at radius 2 is 2.19 bits per heavy atom. The van der Waals surface area contributed by atoms with Gasteiger partial charge in [-0.3, -0.25) is 4.79 Å². The third-order valence-electron chi connectivity index (χ3n) is 3.87. The van der Waals surface area contributed by atoms with E-state index in [1.54, 1.807) is 7.11 Å². The highest BCUT2D eigenvalue weighted by Crippen LogP contribution is 2.20. The van der Waals surface area contributed by atoms with Gasteiger partial charge in [0.15, 0.2) is 0 Å². The van der Waals surface area contributed by atoms with Crippen LogP contribution in [0.4, 0.5) is 0 Å². The number of likely N-dealkylation sites (tertiary alicyclic amines) is 1. The Morgan fingerprint density at radius 1 is 1.38 bits per heavy atom. The van der Waals surface area contributed by atoms with E-state index in [9.17, 15) is 14.7 Å². The monoisotopic (exact) mass is 291 g/mol. The highest BCUT2D eigenvalue weighted by Gasteiger charge is 2.31. The van der Waals surface area contributed by atoms with Gasteiger partial charge in [-0.1, -0.05) is 12.1 Å². The molecule has 1 amide bonds. The minimum absolute atomic E-state index is 0.0788. The lowest BCUT2D eigenvalue weighted by Crippen LogP contribution is -2.48. The van der Waals surface area contributed by atoms with E-state index in [-0.39, 0.29) is 5.91 Å². The number of carbonyl (C=O) groups excluding carboxylic acids is 1. The molecule has 1 fully saturated rings. The Morgan fingerprint density at radius 3 is 2.90 bits per heavy atom. The van der Waals surface area contributed by atoms with Crippen molar-refractivity contribution in [1.82, 2.24) is 4.90 Å². The maximum Gasteiger partial charge on any atom is 0.326 e. The summed E-state index contributed by atoms with van der Waals surface area (Å²) in [6.07, 6.45) is 3.24. The Bertz CT molecular complexity index is 515. The van der Waals surface area contributed by atoms with Crippen LogP contribution in [-0.2, 0) is 16.0 Å². The second-order valence-electron chi connectivity index (χ2n) is 5.29. The summed E-state index contributed by atoms with van der Waals surface area (Å²) in [5, 5.41) is 9.20. The summed E-state index contributed by atoms with van der Waals surface area (Å²) in [5.74, 6) is -0.212. The highest BCUT2D eigenvalue weighted by molar-refractivity contribution is 5.84. The predicted molar refractivity (Wildman–Crippen MR) is 78.3 cm³/mol. The molecule has 0 unspecified atom stereocenters. The minimum Gasteiger partial charge on any atom is -0.497 e. The molecule has 0 saturated carbocycles. The summed E-state index contributed by atoms with van der Waals surface area (Å²) in [6.45, 7) is 0.550. The first kappa shape index (κ1) is 15.4. The van der Waals surface area contributed by atoms with E-state index in [1.807, 2.05) is 24.3 Å². The van der Waals surface area contributed by atoms with Crippen LogP contribution in [0.25, 0.3) is 0 Å². The van der Waals surface area contributed by atoms with Crippen molar-refractivity contribution < 1.29 is 19.4 Å². The van der Waals surface area contributed by atoms with Gasteiger partial charge in [0.25, 0.3) is 0 Å². The van der Waals surface area contributed by atoms with Crippen LogP contribution in [0.1, 0.15) is 31.2 Å². The van der Waals surface area contributed by atoms with Crippen LogP contribution in [0.15, 0.2) is 24.3 Å². The number of nitrogens with zero attached hydrogens (tertiary/aromatic N) is 1. The van der Waals surface area contributed by atoms with E-state index >= 15 is 0 Å². The van der Waals surface area contributed by atoms with Gasteiger partial charge in [-0.25, -0.2) is 4.79 Å². The van der Waals surface area contributed by atoms with Crippen molar-refractivity contribution in [1.29, 1.82) is 0 Å². The van der Waals surface area contributed by atoms with Gasteiger partial charge >= 0.3 is 5.97 Å². The van der Waals surface area contributed by atoms with E-state index in [0.29, 0.717) is 25.8 Å². The SMILES string of the molecule is COc1cccc(CCC(=O)N2CCCC[C@@H]2C(=O)O)c1. The Kier molecular flexibility index (Phi) is 5.20. The van der Waals surface area contributed by atoms with Crippen LogP contribution >= 0.6 is 0 Å². The van der Waals surface area contributed by atoms with Crippen LogP contribution in [0.2, 0.25) is 0 Å². The molecule has 0 bridgehead atoms. The topological polar surface area (TPSA) is 66.8 Å². The van der Waals surface area contributed by atoms with E-state index in [2.05, 4.69) is 0 Å². The molecule has 0 aliphatic carbocycles. The number of aliphatic carboxylic acids is 1. The molecule has 0 spiro atoms. The first-order chi connectivity index (χ1) is 10.1. The molecule has 1 aliphatic heterocycles. The summed E-state index contributed by atoms with van der Waals surface area (Å²) < 4.78 is 5.15. The Balaban J connectivity index is 1.95. The number of benzene rings is 1. The zero-order chi connectivity index (χ0) is 15.2. The number of methoxy groups -OCH3 is 1. The number of hydrogen-bond donors (Lipinski definition) is 1. The molecule has 114 valence electrons. The van der Waals surface area contributed by atoms with Gasteiger partial charge in [0.1, 0.15) is 11.8 Å². The predicted octanol–water partition coefficient (Wildman–Crippen LogP) is 2.09. The molecule has 1 aliphatic rings. The van der Waals surface area contributed by atoms with Gasteiger partial charge in [-0.2, -0.15) is 0 Å². The van der Waals surface area contributed by atoms with Crippen LogP contribution in [0.3, 0.4) is 0 Å². The van der Waals surface area contributed by atoms with Crippen molar-refractivity contribution in [2.24, 2.45) is 0 Å². The third kappa shape index (κ3) is 3.97. The summed E-state index contributed by atoms with van der Waals surface area (Å²) >= 11 is 0. The summed E-state index contributed by atoms with van der Waals surface area (Å²) in [6, 6.07) is 6.94. The number of piperidine rings is 1. The molecule has 21 heavy (non-hydrogen) atoms. The normalized spacial score (nSPS) is 18.3. The van der Waals surface area contributed by atoms with Gasteiger partial charge < -0.3 is 14.7 Å². The fourth-order valence-electron chi connectivity index (χ4n) is 2.71. The third-order valence-corrected chi connectivity index (χ3v) is 3.87. The summed E-state index contributed by atoms with van der Waals surface area (Å²) in [7, 11) is 1.61. The molecule has 1 N–H and O–H groups in total. The van der Waals surface area contributed by atoms with Crippen molar-refractivity contribution in [2.45, 2.75) is 38.1 Å². The van der Waals surface area contributed by atoms with Gasteiger partial charge in [0.2, 0.25) is 5.91 Å². The number of amides is 1. The average molecular weight is 291 g/mol. The van der Waals surface area contributed by atoms with Crippen LogP contribution in [0, 0.1) is 0 Å². The van der Waals surface area contributed by atoms with Crippen molar-refractivity contribution in [3.8, 4) is 5.75 Å². The van der Waals surface area contributed by atoms with Crippen molar-refractivity contribution in [3.05, 3.63) is 29.8 Å². The maximum atomic E-state index is 12.3. The lowest BCUT2D eigenvalue weighted by Gasteiger charge is -2.33. The minimum atomic E-state index is -0.899. The van der Waals surface area contributed by atoms with Gasteiger partial charge in [0.05, 0.1) is 7.11 Å². The zero-order valence-electron chi connectivity index (χ0n) is 12.2. The number of ether oxygens (including phenoxy) is 1. The Hall–Kier alpha value is -2.04. The van der Waals surface area contributed by atoms with E-state index in [1.165, 1.54) is 4.90 Å². The van der Waals surface area contributed by atoms with Crippen LogP contribution < -0.4 is 4.74 Å². The second kappa shape index (κ2) is 7.11. The molecule has 0 radical (unpaired) electrons. The molecule has 1 aromatic rings. The van der Waals surface area contributed by atoms with Crippen LogP contribution in [0.5, 0.6) is 5.75 Å². The average Bonchev–Trinajstić information content (AvgIpc) is 2.52. The van der Waals surface area contributed by atoms with E-state index in [4.69, 9.17) is 4.74 Å². The van der Waals surface area contributed by atoms with Gasteiger partial charge in [-0.05, 0) is 43.4 Å². The first-order valence-electron chi connectivity index (χ1n) is 7.27. The standard InChI is InChI=1S/C16H21NO4/c1-21-13-6-4-5-12(11-13)8-9-15(18)17-10-3-2-7-14(17)16(19)20/h4-6,11,14H,2-3,7-10H2,1H3,(H,19,20)/t14-/m1/s1. The number of carboxylic acid groups (broad SMARTS) is 1. The second-order valence-corrected chi connectivity index (χ2v) is 5.29. The maximum absolute atomic E-state index is 12.3. The van der Waals surface area contributed by atoms with Crippen LogP contribution in [-0.4, -0.2) is 41.6 Å². The zero-order valence-corrected chi connectivity index (χ0v) is 12.2. The molecule has 5 nitrogen and oxygen atoms in total. The fourth-order valence-corrected chi connectivity index (χ4v) is 2.71. The molecule has 1 atom stereocenters. The number of carbonyl (C=O) groups is 2. The molecule has 2 rings (SSSR count). The summed E-state index contributed by atoms with van der Waals surface area (Å²) in [5.41, 5.74) is 1.02. The van der Waals surface area contributed by atoms with Gasteiger partial charge in [-0.15, -0.1) is 0 Å². The van der Waals surface area contributed by atoms with Gasteiger partial charge in [0, 0.05) is 13.0 Å². The smallest absolute Gasteiger partial charge is 0.326 e. The largest absolute Gasteiger partial charge is 0.497 e. The molecule has 5 heteroatoms. The molecule has 1 heterocycles. The quantitative estimate of drug-likeness (QED) is 0.902. The molecular weight excluding hydrogens is 270 g/mol. The molecule has 0 aromatic heterocycles. The van der Waals surface area contributed by atoms with E-state index in [0.717, 1.165) is 24.2 Å². The highest BCUT2D eigenvalue weighted by atomic mass is 16.5. The number of rotatable bonds is 5. The van der Waals surface area contributed by atoms with Crippen molar-refractivity contribution in [3.63, 3.8) is 0 Å².